The fourth-order valence-electron chi connectivity index (χ4n) is 2.85. The summed E-state index contributed by atoms with van der Waals surface area (Å²) in [7, 11) is 0. The highest BCUT2D eigenvalue weighted by Gasteiger charge is 2.11. The molecular weight excluding hydrogens is 354 g/mol. The van der Waals surface area contributed by atoms with E-state index in [2.05, 4.69) is 55.9 Å². The topological polar surface area (TPSA) is 46.0 Å². The van der Waals surface area contributed by atoms with Gasteiger partial charge in [0.2, 0.25) is 0 Å². The Morgan fingerprint density at radius 3 is 2.48 bits per heavy atom. The zero-order valence-corrected chi connectivity index (χ0v) is 16.4. The van der Waals surface area contributed by atoms with Crippen molar-refractivity contribution in [3.63, 3.8) is 0 Å². The summed E-state index contributed by atoms with van der Waals surface area (Å²) in [5.41, 5.74) is 3.53. The molecule has 0 atom stereocenters. The largest absolute Gasteiger partial charge is 0.345 e. The van der Waals surface area contributed by atoms with Crippen molar-refractivity contribution in [3.05, 3.63) is 78.6 Å². The van der Waals surface area contributed by atoms with Gasteiger partial charge in [-0.3, -0.25) is 4.98 Å². The monoisotopic (exact) mass is 379 g/mol. The van der Waals surface area contributed by atoms with Gasteiger partial charge in [-0.2, -0.15) is 0 Å². The van der Waals surface area contributed by atoms with E-state index in [1.165, 1.54) is 11.1 Å². The molecule has 0 amide bonds. The molecule has 1 N–H and O–H groups in total. The van der Waals surface area contributed by atoms with Gasteiger partial charge < -0.3 is 14.8 Å². The number of aryl methyl sites for hydroxylation is 2. The summed E-state index contributed by atoms with van der Waals surface area (Å²) in [6.07, 6.45) is 11.3. The van der Waals surface area contributed by atoms with Gasteiger partial charge in [0.1, 0.15) is 0 Å². The molecule has 3 rings (SSSR count). The Kier molecular flexibility index (Phi) is 6.93. The summed E-state index contributed by atoms with van der Waals surface area (Å²) in [4.78, 5) is 10.4. The first-order valence-corrected chi connectivity index (χ1v) is 9.65. The Balaban J connectivity index is 1.63. The molecule has 0 aliphatic heterocycles. The lowest BCUT2D eigenvalue weighted by molar-refractivity contribution is 0.396. The number of benzene rings is 1. The molecule has 2 heterocycles. The molecule has 3 aromatic rings. The van der Waals surface area contributed by atoms with Crippen LogP contribution >= 0.6 is 12.2 Å². The smallest absolute Gasteiger partial charge is 0.173 e. The molecule has 5 nitrogen and oxygen atoms in total. The Bertz CT molecular complexity index is 816. The van der Waals surface area contributed by atoms with E-state index < -0.39 is 0 Å². The number of hydrogen-bond donors (Lipinski definition) is 1. The molecule has 0 saturated heterocycles. The predicted molar refractivity (Wildman–Crippen MR) is 114 cm³/mol. The maximum Gasteiger partial charge on any atom is 0.173 e. The molecule has 0 fully saturated rings. The van der Waals surface area contributed by atoms with Crippen molar-refractivity contribution in [2.24, 2.45) is 0 Å². The number of aromatic nitrogens is 3. The molecule has 0 spiro atoms. The van der Waals surface area contributed by atoms with E-state index >= 15 is 0 Å². The third kappa shape index (κ3) is 5.89. The first kappa shape index (κ1) is 19.0. The molecule has 0 radical (unpaired) electrons. The van der Waals surface area contributed by atoms with Crippen molar-refractivity contribution < 1.29 is 0 Å². The number of anilines is 1. The zero-order chi connectivity index (χ0) is 18.9. The van der Waals surface area contributed by atoms with Gasteiger partial charge in [0.25, 0.3) is 0 Å². The second-order valence-electron chi connectivity index (χ2n) is 6.41. The first-order chi connectivity index (χ1) is 13.2. The van der Waals surface area contributed by atoms with Gasteiger partial charge in [-0.25, -0.2) is 4.98 Å². The van der Waals surface area contributed by atoms with Gasteiger partial charge in [-0.1, -0.05) is 19.1 Å². The average Bonchev–Trinajstić information content (AvgIpc) is 3.22. The van der Waals surface area contributed by atoms with Crippen LogP contribution < -0.4 is 5.32 Å². The zero-order valence-electron chi connectivity index (χ0n) is 15.6. The van der Waals surface area contributed by atoms with E-state index in [-0.39, 0.29) is 0 Å². The summed E-state index contributed by atoms with van der Waals surface area (Å²) in [5, 5.41) is 4.12. The molecule has 6 heteroatoms. The van der Waals surface area contributed by atoms with Crippen LogP contribution in [0.15, 0.2) is 67.5 Å². The predicted octanol–water partition coefficient (Wildman–Crippen LogP) is 4.13. The Morgan fingerprint density at radius 2 is 1.81 bits per heavy atom. The third-order valence-electron chi connectivity index (χ3n) is 4.43. The van der Waals surface area contributed by atoms with Gasteiger partial charge in [0, 0.05) is 50.1 Å². The van der Waals surface area contributed by atoms with Crippen LogP contribution in [0.4, 0.5) is 5.69 Å². The third-order valence-corrected chi connectivity index (χ3v) is 4.79. The van der Waals surface area contributed by atoms with Crippen LogP contribution in [0.1, 0.15) is 24.5 Å². The van der Waals surface area contributed by atoms with Gasteiger partial charge in [-0.05, 0) is 60.5 Å². The van der Waals surface area contributed by atoms with Crippen molar-refractivity contribution >= 4 is 23.0 Å². The van der Waals surface area contributed by atoms with E-state index in [0.717, 1.165) is 43.3 Å². The number of pyridine rings is 1. The summed E-state index contributed by atoms with van der Waals surface area (Å²) in [6.45, 7) is 4.69. The molecule has 2 aromatic heterocycles. The SMILES string of the molecule is CCc1ccc(NC(=S)N(CCCn2ccnc2)Cc2ccncc2)cc1. The molecule has 0 bridgehead atoms. The highest BCUT2D eigenvalue weighted by Crippen LogP contribution is 2.13. The lowest BCUT2D eigenvalue weighted by Crippen LogP contribution is -2.35. The molecule has 0 unspecified atom stereocenters. The molecule has 140 valence electrons. The van der Waals surface area contributed by atoms with E-state index in [9.17, 15) is 0 Å². The van der Waals surface area contributed by atoms with Gasteiger partial charge in [0.15, 0.2) is 5.11 Å². The number of nitrogens with one attached hydrogen (secondary N) is 1. The second-order valence-corrected chi connectivity index (χ2v) is 6.80. The molecular formula is C21H25N5S. The summed E-state index contributed by atoms with van der Waals surface area (Å²) < 4.78 is 2.09. The Morgan fingerprint density at radius 1 is 1.04 bits per heavy atom. The Labute approximate surface area is 166 Å². The Hall–Kier alpha value is -2.73. The maximum absolute atomic E-state index is 5.71. The minimum atomic E-state index is 0.738. The highest BCUT2D eigenvalue weighted by molar-refractivity contribution is 7.80. The van der Waals surface area contributed by atoms with Crippen molar-refractivity contribution in [1.82, 2.24) is 19.4 Å². The van der Waals surface area contributed by atoms with Crippen LogP contribution in [-0.2, 0) is 19.5 Å². The number of nitrogens with zero attached hydrogens (tertiary/aromatic N) is 4. The van der Waals surface area contributed by atoms with Crippen molar-refractivity contribution in [2.75, 3.05) is 11.9 Å². The van der Waals surface area contributed by atoms with Crippen LogP contribution in [0, 0.1) is 0 Å². The van der Waals surface area contributed by atoms with Gasteiger partial charge in [-0.15, -0.1) is 0 Å². The molecule has 0 aliphatic carbocycles. The van der Waals surface area contributed by atoms with Gasteiger partial charge >= 0.3 is 0 Å². The van der Waals surface area contributed by atoms with Gasteiger partial charge in [0.05, 0.1) is 6.33 Å². The van der Waals surface area contributed by atoms with E-state index in [4.69, 9.17) is 12.2 Å². The fourth-order valence-corrected chi connectivity index (χ4v) is 3.12. The van der Waals surface area contributed by atoms with E-state index in [0.29, 0.717) is 0 Å². The summed E-state index contributed by atoms with van der Waals surface area (Å²) in [6, 6.07) is 12.5. The quantitative estimate of drug-likeness (QED) is 0.596. The summed E-state index contributed by atoms with van der Waals surface area (Å²) >= 11 is 5.71. The first-order valence-electron chi connectivity index (χ1n) is 9.24. The second kappa shape index (κ2) is 9.83. The molecule has 0 aliphatic rings. The minimum absolute atomic E-state index is 0.738. The fraction of sp³-hybridized carbons (Fsp3) is 0.286. The van der Waals surface area contributed by atoms with Crippen LogP contribution in [0.25, 0.3) is 0 Å². The number of rotatable bonds is 8. The standard InChI is InChI=1S/C21H25N5S/c1-2-18-4-6-20(7-5-18)24-21(27)26(16-19-8-10-22-11-9-19)14-3-13-25-15-12-23-17-25/h4-12,15,17H,2-3,13-14,16H2,1H3,(H,24,27). The minimum Gasteiger partial charge on any atom is -0.345 e. The average molecular weight is 380 g/mol. The van der Waals surface area contributed by atoms with E-state index in [1.54, 1.807) is 6.20 Å². The lowest BCUT2D eigenvalue weighted by Gasteiger charge is -2.26. The normalized spacial score (nSPS) is 10.6. The van der Waals surface area contributed by atoms with Crippen molar-refractivity contribution in [2.45, 2.75) is 32.9 Å². The molecule has 0 saturated carbocycles. The lowest BCUT2D eigenvalue weighted by atomic mass is 10.1. The highest BCUT2D eigenvalue weighted by atomic mass is 32.1. The van der Waals surface area contributed by atoms with E-state index in [1.807, 2.05) is 37.1 Å². The maximum atomic E-state index is 5.71. The number of thiocarbonyl (C=S) groups is 1. The van der Waals surface area contributed by atoms with Crippen LogP contribution in [0.3, 0.4) is 0 Å². The van der Waals surface area contributed by atoms with Crippen LogP contribution in [0.5, 0.6) is 0 Å². The summed E-state index contributed by atoms with van der Waals surface area (Å²) in [5.74, 6) is 0. The molecule has 1 aromatic carbocycles. The number of hydrogen-bond acceptors (Lipinski definition) is 3. The number of imidazole rings is 1. The van der Waals surface area contributed by atoms with Crippen molar-refractivity contribution in [3.8, 4) is 0 Å². The molecule has 27 heavy (non-hydrogen) atoms. The van der Waals surface area contributed by atoms with Crippen LogP contribution in [0.2, 0.25) is 0 Å². The van der Waals surface area contributed by atoms with Crippen LogP contribution in [-0.4, -0.2) is 31.1 Å². The van der Waals surface area contributed by atoms with Crippen molar-refractivity contribution in [1.29, 1.82) is 0 Å².